The highest BCUT2D eigenvalue weighted by atomic mass is 32.2. The van der Waals surface area contributed by atoms with Gasteiger partial charge in [-0.2, -0.15) is 0 Å². The Morgan fingerprint density at radius 2 is 1.70 bits per heavy atom. The third-order valence-electron chi connectivity index (χ3n) is 5.35. The van der Waals surface area contributed by atoms with E-state index in [-0.39, 0.29) is 5.91 Å². The number of likely N-dealkylation sites (N-methyl/N-ethyl adjacent to an activating group) is 1. The minimum atomic E-state index is -3.64. The molecule has 3 rings (SSSR count). The zero-order valence-electron chi connectivity index (χ0n) is 18.0. The summed E-state index contributed by atoms with van der Waals surface area (Å²) in [7, 11) is -1.52. The summed E-state index contributed by atoms with van der Waals surface area (Å²) in [6, 6.07) is 13.9. The number of piperazine rings is 1. The lowest BCUT2D eigenvalue weighted by molar-refractivity contribution is -0.116. The fourth-order valence-corrected chi connectivity index (χ4v) is 4.81. The summed E-state index contributed by atoms with van der Waals surface area (Å²) in [5, 5.41) is 2.84. The summed E-state index contributed by atoms with van der Waals surface area (Å²) in [5.41, 5.74) is 3.16. The monoisotopic (exact) mass is 430 g/mol. The Morgan fingerprint density at radius 1 is 1.07 bits per heavy atom. The number of nitrogens with zero attached hydrogens (tertiary/aromatic N) is 3. The molecule has 1 amide bonds. The second kappa shape index (κ2) is 9.06. The van der Waals surface area contributed by atoms with E-state index in [2.05, 4.69) is 22.2 Å². The lowest BCUT2D eigenvalue weighted by atomic mass is 10.2. The van der Waals surface area contributed by atoms with Gasteiger partial charge in [-0.25, -0.2) is 8.42 Å². The zero-order chi connectivity index (χ0) is 21.9. The number of hydrogen-bond donors (Lipinski definition) is 1. The van der Waals surface area contributed by atoms with Crippen LogP contribution in [0.15, 0.2) is 48.5 Å². The molecule has 0 radical (unpaired) electrons. The highest BCUT2D eigenvalue weighted by Crippen LogP contribution is 2.24. The average molecular weight is 431 g/mol. The van der Waals surface area contributed by atoms with Crippen LogP contribution in [0.25, 0.3) is 0 Å². The van der Waals surface area contributed by atoms with Gasteiger partial charge < -0.3 is 15.1 Å². The molecule has 1 N–H and O–H groups in total. The average Bonchev–Trinajstić information content (AvgIpc) is 2.68. The van der Waals surface area contributed by atoms with Crippen LogP contribution >= 0.6 is 0 Å². The van der Waals surface area contributed by atoms with Gasteiger partial charge in [0.2, 0.25) is 15.9 Å². The van der Waals surface area contributed by atoms with Crippen molar-refractivity contribution >= 4 is 33.0 Å². The van der Waals surface area contributed by atoms with Crippen LogP contribution in [-0.4, -0.2) is 64.7 Å². The second-order valence-corrected chi connectivity index (χ2v) is 9.76. The van der Waals surface area contributed by atoms with Gasteiger partial charge >= 0.3 is 0 Å². The van der Waals surface area contributed by atoms with E-state index < -0.39 is 16.1 Å². The lowest BCUT2D eigenvalue weighted by Crippen LogP contribution is -2.45. The van der Waals surface area contributed by atoms with E-state index >= 15 is 0 Å². The second-order valence-electron chi connectivity index (χ2n) is 7.90. The maximum absolute atomic E-state index is 12.8. The first-order chi connectivity index (χ1) is 14.1. The van der Waals surface area contributed by atoms with Crippen molar-refractivity contribution in [2.75, 3.05) is 54.0 Å². The zero-order valence-corrected chi connectivity index (χ0v) is 18.8. The van der Waals surface area contributed by atoms with Crippen LogP contribution in [0.4, 0.5) is 17.1 Å². The summed E-state index contributed by atoms with van der Waals surface area (Å²) in [4.78, 5) is 17.5. The van der Waals surface area contributed by atoms with Gasteiger partial charge in [-0.3, -0.25) is 9.10 Å². The molecule has 1 unspecified atom stereocenters. The van der Waals surface area contributed by atoms with E-state index in [0.717, 1.165) is 48.0 Å². The molecule has 2 aromatic rings. The van der Waals surface area contributed by atoms with Gasteiger partial charge in [-0.15, -0.1) is 0 Å². The molecule has 8 heteroatoms. The van der Waals surface area contributed by atoms with Gasteiger partial charge in [0.15, 0.2) is 0 Å². The van der Waals surface area contributed by atoms with Crippen LogP contribution in [0, 0.1) is 6.92 Å². The highest BCUT2D eigenvalue weighted by Gasteiger charge is 2.29. The molecule has 1 aliphatic rings. The van der Waals surface area contributed by atoms with E-state index in [4.69, 9.17) is 0 Å². The maximum atomic E-state index is 12.8. The van der Waals surface area contributed by atoms with E-state index in [1.807, 2.05) is 37.3 Å². The topological polar surface area (TPSA) is 73.0 Å². The van der Waals surface area contributed by atoms with Crippen molar-refractivity contribution in [2.45, 2.75) is 19.9 Å². The summed E-state index contributed by atoms with van der Waals surface area (Å²) < 4.78 is 26.0. The number of nitrogens with one attached hydrogen (secondary N) is 1. The van der Waals surface area contributed by atoms with Crippen molar-refractivity contribution in [1.29, 1.82) is 0 Å². The molecule has 0 bridgehead atoms. The lowest BCUT2D eigenvalue weighted by Gasteiger charge is -2.34. The quantitative estimate of drug-likeness (QED) is 0.763. The number of amides is 1. The summed E-state index contributed by atoms with van der Waals surface area (Å²) in [6.07, 6.45) is 1.12. The molecule has 1 saturated heterocycles. The number of rotatable bonds is 6. The molecule has 0 aliphatic carbocycles. The molecule has 0 saturated carbocycles. The number of benzene rings is 2. The van der Waals surface area contributed by atoms with Crippen molar-refractivity contribution in [3.05, 3.63) is 54.1 Å². The Balaban J connectivity index is 1.72. The van der Waals surface area contributed by atoms with Crippen molar-refractivity contribution < 1.29 is 13.2 Å². The van der Waals surface area contributed by atoms with Gasteiger partial charge in [0.25, 0.3) is 0 Å². The number of anilines is 3. The number of hydrogen-bond acceptors (Lipinski definition) is 5. The SMILES string of the molecule is Cc1cccc(N(C(C)C(=O)Nc2ccc(N3CCN(C)CC3)cc2)S(C)(=O)=O)c1. The predicted octanol–water partition coefficient (Wildman–Crippen LogP) is 2.54. The third-order valence-corrected chi connectivity index (χ3v) is 6.59. The van der Waals surface area contributed by atoms with Gasteiger partial charge in [-0.1, -0.05) is 12.1 Å². The smallest absolute Gasteiger partial charge is 0.247 e. The first-order valence-corrected chi connectivity index (χ1v) is 11.9. The summed E-state index contributed by atoms with van der Waals surface area (Å²) in [5.74, 6) is -0.380. The highest BCUT2D eigenvalue weighted by molar-refractivity contribution is 7.92. The van der Waals surface area contributed by atoms with Gasteiger partial charge in [0.05, 0.1) is 11.9 Å². The van der Waals surface area contributed by atoms with E-state index in [1.54, 1.807) is 25.1 Å². The first kappa shape index (κ1) is 22.1. The molecular weight excluding hydrogens is 400 g/mol. The van der Waals surface area contributed by atoms with Crippen LogP contribution in [0.2, 0.25) is 0 Å². The number of aryl methyl sites for hydroxylation is 1. The summed E-state index contributed by atoms with van der Waals surface area (Å²) >= 11 is 0. The maximum Gasteiger partial charge on any atom is 0.247 e. The molecule has 162 valence electrons. The Bertz CT molecular complexity index is 984. The fourth-order valence-electron chi connectivity index (χ4n) is 3.64. The molecule has 1 aliphatic heterocycles. The number of carbonyl (C=O) groups excluding carboxylic acids is 1. The molecule has 0 spiro atoms. The van der Waals surface area contributed by atoms with Crippen LogP contribution < -0.4 is 14.5 Å². The third kappa shape index (κ3) is 5.31. The molecule has 0 aromatic heterocycles. The minimum Gasteiger partial charge on any atom is -0.369 e. The van der Waals surface area contributed by atoms with E-state index in [9.17, 15) is 13.2 Å². The normalized spacial score (nSPS) is 16.2. The molecule has 7 nitrogen and oxygen atoms in total. The molecule has 1 heterocycles. The van der Waals surface area contributed by atoms with Gasteiger partial charge in [-0.05, 0) is 62.9 Å². The van der Waals surface area contributed by atoms with Gasteiger partial charge in [0, 0.05) is 37.6 Å². The number of sulfonamides is 1. The van der Waals surface area contributed by atoms with Crippen LogP contribution in [0.1, 0.15) is 12.5 Å². The van der Waals surface area contributed by atoms with Crippen LogP contribution in [-0.2, 0) is 14.8 Å². The predicted molar refractivity (Wildman–Crippen MR) is 123 cm³/mol. The number of carbonyl (C=O) groups is 1. The van der Waals surface area contributed by atoms with Gasteiger partial charge in [0.1, 0.15) is 6.04 Å². The molecule has 1 fully saturated rings. The van der Waals surface area contributed by atoms with E-state index in [1.165, 1.54) is 0 Å². The largest absolute Gasteiger partial charge is 0.369 e. The summed E-state index contributed by atoms with van der Waals surface area (Å²) in [6.45, 7) is 7.47. The minimum absolute atomic E-state index is 0.380. The van der Waals surface area contributed by atoms with Crippen LogP contribution in [0.3, 0.4) is 0 Å². The standard InChI is InChI=1S/C22H30N4O3S/c1-17-6-5-7-21(16-17)26(30(4,28)29)18(2)22(27)23-19-8-10-20(11-9-19)25-14-12-24(3)13-15-25/h5-11,16,18H,12-15H2,1-4H3,(H,23,27). The fraction of sp³-hybridized carbons (Fsp3) is 0.409. The molecule has 30 heavy (non-hydrogen) atoms. The van der Waals surface area contributed by atoms with Crippen molar-refractivity contribution in [2.24, 2.45) is 0 Å². The Morgan fingerprint density at radius 3 is 2.27 bits per heavy atom. The van der Waals surface area contributed by atoms with Crippen LogP contribution in [0.5, 0.6) is 0 Å². The van der Waals surface area contributed by atoms with Crippen molar-refractivity contribution in [1.82, 2.24) is 4.90 Å². The van der Waals surface area contributed by atoms with E-state index in [0.29, 0.717) is 11.4 Å². The molecule has 1 atom stereocenters. The Labute approximate surface area is 179 Å². The Kier molecular flexibility index (Phi) is 6.67. The molecular formula is C22H30N4O3S. The first-order valence-electron chi connectivity index (χ1n) is 10.1. The van der Waals surface area contributed by atoms with Crippen molar-refractivity contribution in [3.63, 3.8) is 0 Å². The molecule has 2 aromatic carbocycles. The van der Waals surface area contributed by atoms with Crippen molar-refractivity contribution in [3.8, 4) is 0 Å². The Hall–Kier alpha value is -2.58.